The van der Waals surface area contributed by atoms with Gasteiger partial charge in [-0.3, -0.25) is 19.8 Å². The van der Waals surface area contributed by atoms with Gasteiger partial charge < -0.3 is 10.2 Å². The van der Waals surface area contributed by atoms with Crippen molar-refractivity contribution in [1.82, 2.24) is 10.2 Å². The van der Waals surface area contributed by atoms with E-state index < -0.39 is 4.92 Å². The van der Waals surface area contributed by atoms with Crippen LogP contribution in [0, 0.1) is 10.1 Å². The first-order valence-electron chi connectivity index (χ1n) is 7.54. The Morgan fingerprint density at radius 2 is 1.86 bits per heavy atom. The molecule has 7 nitrogen and oxygen atoms in total. The first kappa shape index (κ1) is 16.2. The Kier molecular flexibility index (Phi) is 5.32. The number of carbonyl (C=O) groups excluding carboxylic acids is 1. The lowest BCUT2D eigenvalue weighted by Gasteiger charge is -2.38. The van der Waals surface area contributed by atoms with Crippen LogP contribution in [0.1, 0.15) is 13.8 Å². The number of carbonyl (C=O) groups is 1. The first-order chi connectivity index (χ1) is 10.5. The van der Waals surface area contributed by atoms with Crippen LogP contribution < -0.4 is 10.2 Å². The van der Waals surface area contributed by atoms with Gasteiger partial charge in [0.2, 0.25) is 5.91 Å². The summed E-state index contributed by atoms with van der Waals surface area (Å²) in [4.78, 5) is 26.5. The van der Waals surface area contributed by atoms with E-state index >= 15 is 0 Å². The fourth-order valence-corrected chi connectivity index (χ4v) is 2.64. The van der Waals surface area contributed by atoms with Crippen molar-refractivity contribution in [2.45, 2.75) is 19.9 Å². The summed E-state index contributed by atoms with van der Waals surface area (Å²) in [5, 5.41) is 13.5. The second-order valence-corrected chi connectivity index (χ2v) is 5.37. The number of hydrogen-bond donors (Lipinski definition) is 1. The molecule has 0 spiro atoms. The normalized spacial score (nSPS) is 17.1. The van der Waals surface area contributed by atoms with Crippen LogP contribution in [-0.2, 0) is 4.79 Å². The van der Waals surface area contributed by atoms with Crippen LogP contribution in [-0.4, -0.2) is 54.5 Å². The third-order valence-electron chi connectivity index (χ3n) is 4.02. The number of nitrogens with one attached hydrogen (secondary N) is 1. The summed E-state index contributed by atoms with van der Waals surface area (Å²) >= 11 is 0. The second kappa shape index (κ2) is 7.22. The highest BCUT2D eigenvalue weighted by atomic mass is 16.6. The van der Waals surface area contributed by atoms with Gasteiger partial charge >= 0.3 is 0 Å². The minimum atomic E-state index is -0.393. The molecule has 1 aliphatic rings. The molecule has 0 unspecified atom stereocenters. The summed E-state index contributed by atoms with van der Waals surface area (Å²) in [5.74, 6) is 0.0614. The Balaban J connectivity index is 1.91. The van der Waals surface area contributed by atoms with E-state index in [1.807, 2.05) is 13.8 Å². The molecule has 1 amide bonds. The van der Waals surface area contributed by atoms with Gasteiger partial charge in [-0.25, -0.2) is 0 Å². The Morgan fingerprint density at radius 3 is 2.36 bits per heavy atom. The van der Waals surface area contributed by atoms with Gasteiger partial charge in [0.05, 0.1) is 11.0 Å². The van der Waals surface area contributed by atoms with Crippen LogP contribution in [0.3, 0.4) is 0 Å². The fourth-order valence-electron chi connectivity index (χ4n) is 2.64. The zero-order chi connectivity index (χ0) is 16.1. The van der Waals surface area contributed by atoms with Crippen molar-refractivity contribution < 1.29 is 9.72 Å². The molecule has 1 aromatic rings. The molecule has 1 heterocycles. The van der Waals surface area contributed by atoms with E-state index in [-0.39, 0.29) is 17.6 Å². The number of nitro benzene ring substituents is 1. The van der Waals surface area contributed by atoms with Crippen LogP contribution in [0.5, 0.6) is 0 Å². The molecule has 1 aliphatic heterocycles. The van der Waals surface area contributed by atoms with Crippen LogP contribution in [0.4, 0.5) is 11.4 Å². The minimum absolute atomic E-state index is 0.0614. The number of amides is 1. The van der Waals surface area contributed by atoms with Crippen molar-refractivity contribution in [3.63, 3.8) is 0 Å². The van der Waals surface area contributed by atoms with E-state index in [1.54, 1.807) is 12.1 Å². The summed E-state index contributed by atoms with van der Waals surface area (Å²) in [6, 6.07) is 6.49. The average molecular weight is 306 g/mol. The molecule has 1 N–H and O–H groups in total. The maximum atomic E-state index is 11.9. The van der Waals surface area contributed by atoms with E-state index in [2.05, 4.69) is 15.1 Å². The molecule has 0 bridgehead atoms. The van der Waals surface area contributed by atoms with Gasteiger partial charge in [0.25, 0.3) is 5.69 Å². The van der Waals surface area contributed by atoms with E-state index in [0.29, 0.717) is 6.54 Å². The van der Waals surface area contributed by atoms with Gasteiger partial charge in [0.15, 0.2) is 0 Å². The summed E-state index contributed by atoms with van der Waals surface area (Å²) in [5.41, 5.74) is 1.09. The van der Waals surface area contributed by atoms with Gasteiger partial charge in [-0.2, -0.15) is 0 Å². The lowest BCUT2D eigenvalue weighted by molar-refractivity contribution is -0.384. The van der Waals surface area contributed by atoms with E-state index in [9.17, 15) is 14.9 Å². The summed E-state index contributed by atoms with van der Waals surface area (Å²) in [6.45, 7) is 7.70. The summed E-state index contributed by atoms with van der Waals surface area (Å²) in [7, 11) is 0. The molecule has 0 radical (unpaired) electrons. The molecule has 2 rings (SSSR count). The van der Waals surface area contributed by atoms with Crippen molar-refractivity contribution in [3.8, 4) is 0 Å². The highest BCUT2D eigenvalue weighted by molar-refractivity contribution is 5.81. The number of non-ortho nitro benzene ring substituents is 1. The third-order valence-corrected chi connectivity index (χ3v) is 4.02. The number of likely N-dealkylation sites (N-methyl/N-ethyl adjacent to an activating group) is 1. The molecule has 0 aromatic heterocycles. The highest BCUT2D eigenvalue weighted by Gasteiger charge is 2.25. The molecule has 0 saturated carbocycles. The number of piperazine rings is 1. The van der Waals surface area contributed by atoms with Crippen molar-refractivity contribution in [3.05, 3.63) is 34.4 Å². The number of nitro groups is 1. The fraction of sp³-hybridized carbons (Fsp3) is 0.533. The maximum absolute atomic E-state index is 11.9. The standard InChI is InChI=1S/C15H22N4O3/c1-3-16-15(20)12(2)17-8-10-18(11-9-17)13-4-6-14(7-5-13)19(21)22/h4-7,12H,3,8-11H2,1-2H3,(H,16,20)/t12-/m1/s1. The van der Waals surface area contributed by atoms with Crippen LogP contribution >= 0.6 is 0 Å². The molecule has 1 saturated heterocycles. The van der Waals surface area contributed by atoms with Crippen molar-refractivity contribution in [2.24, 2.45) is 0 Å². The predicted molar refractivity (Wildman–Crippen MR) is 85.0 cm³/mol. The van der Waals surface area contributed by atoms with E-state index in [1.165, 1.54) is 12.1 Å². The number of rotatable bonds is 5. The lowest BCUT2D eigenvalue weighted by atomic mass is 10.2. The highest BCUT2D eigenvalue weighted by Crippen LogP contribution is 2.21. The molecule has 7 heteroatoms. The molecular formula is C15H22N4O3. The van der Waals surface area contributed by atoms with E-state index in [4.69, 9.17) is 0 Å². The van der Waals surface area contributed by atoms with Crippen molar-refractivity contribution in [1.29, 1.82) is 0 Å². The summed E-state index contributed by atoms with van der Waals surface area (Å²) < 4.78 is 0. The third kappa shape index (κ3) is 3.73. The number of nitrogens with zero attached hydrogens (tertiary/aromatic N) is 3. The molecule has 1 fully saturated rings. The monoisotopic (exact) mass is 306 g/mol. The van der Waals surface area contributed by atoms with Crippen LogP contribution in [0.25, 0.3) is 0 Å². The lowest BCUT2D eigenvalue weighted by Crippen LogP contribution is -2.54. The van der Waals surface area contributed by atoms with Gasteiger partial charge in [-0.1, -0.05) is 0 Å². The zero-order valence-corrected chi connectivity index (χ0v) is 13.0. The second-order valence-electron chi connectivity index (χ2n) is 5.37. The van der Waals surface area contributed by atoms with Crippen LogP contribution in [0.2, 0.25) is 0 Å². The minimum Gasteiger partial charge on any atom is -0.369 e. The number of anilines is 1. The van der Waals surface area contributed by atoms with Gasteiger partial charge in [-0.05, 0) is 26.0 Å². The largest absolute Gasteiger partial charge is 0.369 e. The SMILES string of the molecule is CCNC(=O)[C@@H](C)N1CCN(c2ccc([N+](=O)[O-])cc2)CC1. The van der Waals surface area contributed by atoms with Crippen LogP contribution in [0.15, 0.2) is 24.3 Å². The predicted octanol–water partition coefficient (Wildman–Crippen LogP) is 1.24. The zero-order valence-electron chi connectivity index (χ0n) is 13.0. The Labute approximate surface area is 130 Å². The average Bonchev–Trinajstić information content (AvgIpc) is 2.54. The smallest absolute Gasteiger partial charge is 0.269 e. The first-order valence-corrected chi connectivity index (χ1v) is 7.54. The van der Waals surface area contributed by atoms with E-state index in [0.717, 1.165) is 31.9 Å². The van der Waals surface area contributed by atoms with Gasteiger partial charge in [-0.15, -0.1) is 0 Å². The van der Waals surface area contributed by atoms with Crippen molar-refractivity contribution >= 4 is 17.3 Å². The Morgan fingerprint density at radius 1 is 1.27 bits per heavy atom. The number of benzene rings is 1. The van der Waals surface area contributed by atoms with Gasteiger partial charge in [0.1, 0.15) is 0 Å². The van der Waals surface area contributed by atoms with Gasteiger partial charge in [0, 0.05) is 50.5 Å². The molecule has 1 aromatic carbocycles. The molecule has 1 atom stereocenters. The Hall–Kier alpha value is -2.15. The molecular weight excluding hydrogens is 284 g/mol. The van der Waals surface area contributed by atoms with Crippen molar-refractivity contribution in [2.75, 3.05) is 37.6 Å². The maximum Gasteiger partial charge on any atom is 0.269 e. The molecule has 0 aliphatic carbocycles. The topological polar surface area (TPSA) is 78.7 Å². The molecule has 22 heavy (non-hydrogen) atoms. The molecule has 120 valence electrons. The quantitative estimate of drug-likeness (QED) is 0.654. The number of hydrogen-bond acceptors (Lipinski definition) is 5. The Bertz CT molecular complexity index is 524. The summed E-state index contributed by atoms with van der Waals surface area (Å²) in [6.07, 6.45) is 0.